The summed E-state index contributed by atoms with van der Waals surface area (Å²) in [4.78, 5) is 35.7. The summed E-state index contributed by atoms with van der Waals surface area (Å²) in [5, 5.41) is 7.85. The van der Waals surface area contributed by atoms with Gasteiger partial charge in [-0.1, -0.05) is 30.3 Å². The molecule has 0 spiro atoms. The number of carbonyl (C=O) groups is 3. The van der Waals surface area contributed by atoms with Crippen LogP contribution in [-0.4, -0.2) is 30.1 Å². The van der Waals surface area contributed by atoms with Crippen LogP contribution in [-0.2, 0) is 27.3 Å². The van der Waals surface area contributed by atoms with Gasteiger partial charge in [-0.05, 0) is 56.5 Å². The van der Waals surface area contributed by atoms with Crippen molar-refractivity contribution in [1.29, 1.82) is 0 Å². The van der Waals surface area contributed by atoms with E-state index in [9.17, 15) is 18.8 Å². The largest absolute Gasteiger partial charge is 0.444 e. The molecule has 0 heterocycles. The minimum atomic E-state index is -0.664. The molecule has 0 radical (unpaired) electrons. The molecule has 166 valence electrons. The highest BCUT2D eigenvalue weighted by molar-refractivity contribution is 5.91. The Morgan fingerprint density at radius 2 is 1.71 bits per heavy atom. The van der Waals surface area contributed by atoms with Crippen LogP contribution in [0.3, 0.4) is 0 Å². The van der Waals surface area contributed by atoms with Gasteiger partial charge in [0.15, 0.2) is 0 Å². The lowest BCUT2D eigenvalue weighted by atomic mass is 10.1. The number of hydrogen-bond donors (Lipinski definition) is 3. The first-order chi connectivity index (χ1) is 14.6. The van der Waals surface area contributed by atoms with Crippen molar-refractivity contribution in [3.05, 3.63) is 65.5 Å². The van der Waals surface area contributed by atoms with E-state index in [4.69, 9.17) is 4.74 Å². The van der Waals surface area contributed by atoms with Gasteiger partial charge < -0.3 is 20.7 Å². The van der Waals surface area contributed by atoms with Crippen molar-refractivity contribution in [2.24, 2.45) is 0 Å². The highest BCUT2D eigenvalue weighted by atomic mass is 19.1. The molecule has 0 bridgehead atoms. The topological polar surface area (TPSA) is 96.5 Å². The summed E-state index contributed by atoms with van der Waals surface area (Å²) in [6.07, 6.45) is -0.209. The summed E-state index contributed by atoms with van der Waals surface area (Å²) in [5.74, 6) is -0.926. The first-order valence-electron chi connectivity index (χ1n) is 9.98. The molecule has 0 aromatic heterocycles. The number of aryl methyl sites for hydroxylation is 1. The maximum absolute atomic E-state index is 13.6. The summed E-state index contributed by atoms with van der Waals surface area (Å²) in [6, 6.07) is 13.4. The fourth-order valence-corrected chi connectivity index (χ4v) is 2.66. The van der Waals surface area contributed by atoms with Gasteiger partial charge in [0.05, 0.1) is 0 Å². The molecular weight excluding hydrogens is 401 g/mol. The molecule has 7 nitrogen and oxygen atoms in total. The zero-order valence-corrected chi connectivity index (χ0v) is 18.0. The predicted molar refractivity (Wildman–Crippen MR) is 116 cm³/mol. The zero-order valence-electron chi connectivity index (χ0n) is 18.0. The van der Waals surface area contributed by atoms with Crippen LogP contribution in [0.2, 0.25) is 0 Å². The average Bonchev–Trinajstić information content (AvgIpc) is 2.69. The van der Waals surface area contributed by atoms with E-state index in [1.165, 1.54) is 6.07 Å². The summed E-state index contributed by atoms with van der Waals surface area (Å²) >= 11 is 0. The molecule has 0 aliphatic heterocycles. The first-order valence-corrected chi connectivity index (χ1v) is 9.98. The van der Waals surface area contributed by atoms with E-state index < -0.39 is 11.7 Å². The minimum Gasteiger partial charge on any atom is -0.444 e. The van der Waals surface area contributed by atoms with Crippen molar-refractivity contribution in [1.82, 2.24) is 10.6 Å². The lowest BCUT2D eigenvalue weighted by Gasteiger charge is -2.19. The van der Waals surface area contributed by atoms with Crippen molar-refractivity contribution in [3.63, 3.8) is 0 Å². The van der Waals surface area contributed by atoms with E-state index in [1.807, 2.05) is 0 Å². The van der Waals surface area contributed by atoms with Crippen LogP contribution in [0.15, 0.2) is 48.5 Å². The lowest BCUT2D eigenvalue weighted by Crippen LogP contribution is -2.39. The molecule has 2 aromatic rings. The summed E-state index contributed by atoms with van der Waals surface area (Å²) in [7, 11) is 0. The van der Waals surface area contributed by atoms with Crippen molar-refractivity contribution in [2.75, 3.05) is 11.9 Å². The number of carbonyl (C=O) groups excluding carboxylic acids is 3. The van der Waals surface area contributed by atoms with Crippen molar-refractivity contribution in [2.45, 2.75) is 45.8 Å². The zero-order chi connectivity index (χ0) is 22.9. The average molecular weight is 429 g/mol. The Labute approximate surface area is 181 Å². The Hall–Kier alpha value is -3.42. The molecule has 0 aliphatic carbocycles. The molecule has 0 aliphatic rings. The molecule has 0 unspecified atom stereocenters. The van der Waals surface area contributed by atoms with Crippen LogP contribution in [0.5, 0.6) is 0 Å². The van der Waals surface area contributed by atoms with Gasteiger partial charge in [-0.2, -0.15) is 0 Å². The fourth-order valence-electron chi connectivity index (χ4n) is 2.66. The molecule has 3 N–H and O–H groups in total. The predicted octanol–water partition coefficient (Wildman–Crippen LogP) is 3.54. The Morgan fingerprint density at radius 3 is 2.42 bits per heavy atom. The van der Waals surface area contributed by atoms with Gasteiger partial charge in [0, 0.05) is 18.7 Å². The smallest absolute Gasteiger partial charge is 0.408 e. The number of anilines is 1. The molecule has 0 atom stereocenters. The van der Waals surface area contributed by atoms with Crippen LogP contribution in [0.25, 0.3) is 0 Å². The number of nitrogens with one attached hydrogen (secondary N) is 3. The van der Waals surface area contributed by atoms with Gasteiger partial charge in [-0.3, -0.25) is 9.59 Å². The van der Waals surface area contributed by atoms with Gasteiger partial charge >= 0.3 is 6.09 Å². The normalized spacial score (nSPS) is 10.8. The van der Waals surface area contributed by atoms with E-state index in [0.717, 1.165) is 5.56 Å². The van der Waals surface area contributed by atoms with Crippen LogP contribution in [0.4, 0.5) is 14.9 Å². The molecule has 0 saturated heterocycles. The molecular formula is C23H28FN3O4. The van der Waals surface area contributed by atoms with E-state index in [-0.39, 0.29) is 37.1 Å². The summed E-state index contributed by atoms with van der Waals surface area (Å²) in [5.41, 5.74) is 1.21. The molecule has 2 rings (SSSR count). The fraction of sp³-hybridized carbons (Fsp3) is 0.348. The SMILES string of the molecule is CC(C)(C)OC(=O)NCC(=O)NCc1cccc(NC(=O)CCc2ccccc2F)c1. The van der Waals surface area contributed by atoms with Gasteiger partial charge in [-0.25, -0.2) is 9.18 Å². The first kappa shape index (κ1) is 23.9. The van der Waals surface area contributed by atoms with E-state index >= 15 is 0 Å². The van der Waals surface area contributed by atoms with Crippen molar-refractivity contribution < 1.29 is 23.5 Å². The van der Waals surface area contributed by atoms with Gasteiger partial charge in [0.25, 0.3) is 0 Å². The van der Waals surface area contributed by atoms with E-state index in [0.29, 0.717) is 17.7 Å². The Balaban J connectivity index is 1.77. The second-order valence-corrected chi connectivity index (χ2v) is 7.97. The second-order valence-electron chi connectivity index (χ2n) is 7.97. The number of alkyl carbamates (subject to hydrolysis) is 1. The lowest BCUT2D eigenvalue weighted by molar-refractivity contribution is -0.120. The van der Waals surface area contributed by atoms with Crippen molar-refractivity contribution >= 4 is 23.6 Å². The highest BCUT2D eigenvalue weighted by Crippen LogP contribution is 2.13. The Bertz CT molecular complexity index is 925. The molecule has 2 aromatic carbocycles. The van der Waals surface area contributed by atoms with Gasteiger partial charge in [0.2, 0.25) is 11.8 Å². The number of amides is 3. The van der Waals surface area contributed by atoms with Gasteiger partial charge in [-0.15, -0.1) is 0 Å². The minimum absolute atomic E-state index is 0.151. The third-order valence-corrected chi connectivity index (χ3v) is 4.07. The van der Waals surface area contributed by atoms with Crippen molar-refractivity contribution in [3.8, 4) is 0 Å². The van der Waals surface area contributed by atoms with E-state index in [1.54, 1.807) is 63.2 Å². The number of benzene rings is 2. The third-order valence-electron chi connectivity index (χ3n) is 4.07. The molecule has 0 saturated carbocycles. The molecule has 8 heteroatoms. The number of halogens is 1. The molecule has 31 heavy (non-hydrogen) atoms. The van der Waals surface area contributed by atoms with Crippen LogP contribution < -0.4 is 16.0 Å². The molecule has 0 fully saturated rings. The second kappa shape index (κ2) is 11.1. The standard InChI is InChI=1S/C23H28FN3O4/c1-23(2,3)31-22(30)26-15-21(29)25-14-16-7-6-9-18(13-16)27-20(28)12-11-17-8-4-5-10-19(17)24/h4-10,13H,11-12,14-15H2,1-3H3,(H,25,29)(H,26,30)(H,27,28). The number of rotatable bonds is 8. The Kier molecular flexibility index (Phi) is 8.54. The van der Waals surface area contributed by atoms with Gasteiger partial charge in [0.1, 0.15) is 18.0 Å². The molecule has 3 amide bonds. The van der Waals surface area contributed by atoms with Crippen LogP contribution >= 0.6 is 0 Å². The van der Waals surface area contributed by atoms with E-state index in [2.05, 4.69) is 16.0 Å². The number of hydrogen-bond acceptors (Lipinski definition) is 4. The maximum Gasteiger partial charge on any atom is 0.408 e. The maximum atomic E-state index is 13.6. The van der Waals surface area contributed by atoms with Crippen LogP contribution in [0.1, 0.15) is 38.3 Å². The quantitative estimate of drug-likeness (QED) is 0.598. The summed E-state index contributed by atoms with van der Waals surface area (Å²) in [6.45, 7) is 5.23. The summed E-state index contributed by atoms with van der Waals surface area (Å²) < 4.78 is 18.7. The third kappa shape index (κ3) is 9.29. The number of ether oxygens (including phenoxy) is 1. The van der Waals surface area contributed by atoms with Crippen LogP contribution in [0, 0.1) is 5.82 Å². The Morgan fingerprint density at radius 1 is 0.968 bits per heavy atom. The monoisotopic (exact) mass is 429 g/mol. The highest BCUT2D eigenvalue weighted by Gasteiger charge is 2.16.